The van der Waals surface area contributed by atoms with E-state index in [0.29, 0.717) is 5.16 Å². The van der Waals surface area contributed by atoms with Gasteiger partial charge in [0.15, 0.2) is 11.0 Å². The van der Waals surface area contributed by atoms with Gasteiger partial charge in [0.2, 0.25) is 0 Å². The molecule has 0 aromatic carbocycles. The molecule has 12 heavy (non-hydrogen) atoms. The van der Waals surface area contributed by atoms with Crippen molar-refractivity contribution in [3.05, 3.63) is 10.4 Å². The van der Waals surface area contributed by atoms with E-state index in [4.69, 9.17) is 11.5 Å². The monoisotopic (exact) mass is 208 g/mol. The number of nitrogens with one attached hydrogen (secondary N) is 1. The third-order valence-corrected chi connectivity index (χ3v) is 1.74. The Kier molecular flexibility index (Phi) is 3.91. The molecule has 1 aromatic rings. The number of nitrogens with zero attached hydrogens (tertiary/aromatic N) is 1. The van der Waals surface area contributed by atoms with Gasteiger partial charge in [-0.05, 0) is 6.26 Å². The lowest BCUT2D eigenvalue weighted by molar-refractivity contribution is 0.953. The molecule has 0 fully saturated rings. The van der Waals surface area contributed by atoms with Crippen molar-refractivity contribution in [2.75, 3.05) is 17.7 Å². The van der Waals surface area contributed by atoms with Crippen molar-refractivity contribution in [2.45, 2.75) is 5.16 Å². The summed E-state index contributed by atoms with van der Waals surface area (Å²) < 4.78 is 0. The standard InChI is InChI=1S/C5H8N4OS.ClH/c1-11-5-8-3(7)2(6)4(10)9-5;/h6H2,1H3,(H3,7,8,9,10);1H. The highest BCUT2D eigenvalue weighted by Crippen LogP contribution is 2.10. The van der Waals surface area contributed by atoms with E-state index in [2.05, 4.69) is 9.97 Å². The summed E-state index contributed by atoms with van der Waals surface area (Å²) in [5, 5.41) is 0.474. The fourth-order valence-electron chi connectivity index (χ4n) is 0.575. The minimum absolute atomic E-state index is 0. The second-order valence-electron chi connectivity index (χ2n) is 1.87. The first kappa shape index (κ1) is 11.1. The third kappa shape index (κ3) is 2.05. The summed E-state index contributed by atoms with van der Waals surface area (Å²) in [6.07, 6.45) is 1.79. The smallest absolute Gasteiger partial charge is 0.276 e. The second kappa shape index (κ2) is 4.22. The molecule has 1 heterocycles. The van der Waals surface area contributed by atoms with Gasteiger partial charge in [0, 0.05) is 0 Å². The first-order chi connectivity index (χ1) is 5.15. The Balaban J connectivity index is 0.00000121. The van der Waals surface area contributed by atoms with E-state index in [9.17, 15) is 4.79 Å². The number of aromatic amines is 1. The molecule has 0 spiro atoms. The van der Waals surface area contributed by atoms with Crippen molar-refractivity contribution < 1.29 is 0 Å². The number of halogens is 1. The van der Waals surface area contributed by atoms with Crippen LogP contribution in [0.5, 0.6) is 0 Å². The van der Waals surface area contributed by atoms with Crippen LogP contribution in [0.1, 0.15) is 0 Å². The maximum absolute atomic E-state index is 10.9. The van der Waals surface area contributed by atoms with Gasteiger partial charge in [-0.3, -0.25) is 9.78 Å². The van der Waals surface area contributed by atoms with Crippen molar-refractivity contribution >= 4 is 35.7 Å². The summed E-state index contributed by atoms with van der Waals surface area (Å²) in [5.74, 6) is 0.0816. The number of H-pyrrole nitrogens is 1. The molecule has 0 atom stereocenters. The normalized spacial score (nSPS) is 9.08. The van der Waals surface area contributed by atoms with Crippen molar-refractivity contribution in [1.29, 1.82) is 0 Å². The quantitative estimate of drug-likeness (QED) is 0.449. The summed E-state index contributed by atoms with van der Waals surface area (Å²) in [6.45, 7) is 0. The van der Waals surface area contributed by atoms with Gasteiger partial charge in [-0.2, -0.15) is 0 Å². The van der Waals surface area contributed by atoms with Crippen LogP contribution in [0.15, 0.2) is 9.95 Å². The lowest BCUT2D eigenvalue weighted by Crippen LogP contribution is -2.16. The molecule has 68 valence electrons. The van der Waals surface area contributed by atoms with Crippen molar-refractivity contribution in [3.63, 3.8) is 0 Å². The van der Waals surface area contributed by atoms with Gasteiger partial charge < -0.3 is 11.5 Å². The zero-order chi connectivity index (χ0) is 8.43. The molecule has 0 bridgehead atoms. The van der Waals surface area contributed by atoms with Crippen LogP contribution in [-0.2, 0) is 0 Å². The predicted octanol–water partition coefficient (Wildman–Crippen LogP) is 0.0780. The SMILES string of the molecule is CSc1nc(N)c(N)c(=O)[nH]1.Cl. The van der Waals surface area contributed by atoms with Crippen molar-refractivity contribution in [1.82, 2.24) is 9.97 Å². The number of nitrogens with two attached hydrogens (primary N) is 2. The average molecular weight is 209 g/mol. The lowest BCUT2D eigenvalue weighted by atomic mass is 10.5. The highest BCUT2D eigenvalue weighted by atomic mass is 35.5. The van der Waals surface area contributed by atoms with E-state index in [-0.39, 0.29) is 29.5 Å². The lowest BCUT2D eigenvalue weighted by Gasteiger charge is -1.99. The van der Waals surface area contributed by atoms with Gasteiger partial charge in [-0.15, -0.1) is 12.4 Å². The second-order valence-corrected chi connectivity index (χ2v) is 2.67. The van der Waals surface area contributed by atoms with Crippen LogP contribution in [0.25, 0.3) is 0 Å². The third-order valence-electron chi connectivity index (χ3n) is 1.16. The number of aromatic nitrogens is 2. The Morgan fingerprint density at radius 1 is 1.50 bits per heavy atom. The number of thioether (sulfide) groups is 1. The van der Waals surface area contributed by atoms with Crippen LogP contribution < -0.4 is 17.0 Å². The number of hydrogen-bond acceptors (Lipinski definition) is 5. The molecule has 0 saturated carbocycles. The minimum Gasteiger partial charge on any atom is -0.391 e. The van der Waals surface area contributed by atoms with E-state index < -0.39 is 0 Å². The molecule has 5 N–H and O–H groups in total. The first-order valence-corrected chi connectivity index (χ1v) is 4.07. The molecule has 0 unspecified atom stereocenters. The van der Waals surface area contributed by atoms with E-state index in [1.165, 1.54) is 11.8 Å². The summed E-state index contributed by atoms with van der Waals surface area (Å²) in [4.78, 5) is 17.2. The number of hydrogen-bond donors (Lipinski definition) is 3. The molecule has 0 aliphatic heterocycles. The van der Waals surface area contributed by atoms with Crippen LogP contribution in [0.4, 0.5) is 11.5 Å². The fraction of sp³-hybridized carbons (Fsp3) is 0.200. The highest BCUT2D eigenvalue weighted by molar-refractivity contribution is 7.98. The molecule has 1 aromatic heterocycles. The van der Waals surface area contributed by atoms with Crippen LogP contribution in [0, 0.1) is 0 Å². The zero-order valence-electron chi connectivity index (χ0n) is 6.33. The molecule has 7 heteroatoms. The summed E-state index contributed by atoms with van der Waals surface area (Å²) in [7, 11) is 0. The maximum atomic E-state index is 10.9. The molecule has 0 aliphatic carbocycles. The van der Waals surface area contributed by atoms with Gasteiger partial charge in [0.05, 0.1) is 0 Å². The van der Waals surface area contributed by atoms with Crippen LogP contribution >= 0.6 is 24.2 Å². The fourth-order valence-corrected chi connectivity index (χ4v) is 0.959. The van der Waals surface area contributed by atoms with E-state index in [1.54, 1.807) is 6.26 Å². The van der Waals surface area contributed by atoms with Crippen molar-refractivity contribution in [3.8, 4) is 0 Å². The molecule has 0 saturated heterocycles. The maximum Gasteiger partial charge on any atom is 0.276 e. The first-order valence-electron chi connectivity index (χ1n) is 2.84. The van der Waals surface area contributed by atoms with Gasteiger partial charge in [0.1, 0.15) is 5.69 Å². The number of rotatable bonds is 1. The van der Waals surface area contributed by atoms with Gasteiger partial charge >= 0.3 is 0 Å². The predicted molar refractivity (Wildman–Crippen MR) is 52.7 cm³/mol. The highest BCUT2D eigenvalue weighted by Gasteiger charge is 2.02. The summed E-state index contributed by atoms with van der Waals surface area (Å²) >= 11 is 1.30. The Bertz CT molecular complexity index is 326. The van der Waals surface area contributed by atoms with E-state index in [0.717, 1.165) is 0 Å². The van der Waals surface area contributed by atoms with Crippen LogP contribution in [0.3, 0.4) is 0 Å². The Morgan fingerprint density at radius 2 is 2.08 bits per heavy atom. The Labute approximate surface area is 79.4 Å². The molecule has 5 nitrogen and oxygen atoms in total. The summed E-state index contributed by atoms with van der Waals surface area (Å²) in [6, 6.07) is 0. The topological polar surface area (TPSA) is 97.8 Å². The molecule has 0 aliphatic rings. The minimum atomic E-state index is -0.387. The molecule has 0 amide bonds. The van der Waals surface area contributed by atoms with Crippen LogP contribution in [0.2, 0.25) is 0 Å². The molecular formula is C5H9ClN4OS. The molecular weight excluding hydrogens is 200 g/mol. The number of anilines is 2. The largest absolute Gasteiger partial charge is 0.391 e. The summed E-state index contributed by atoms with van der Waals surface area (Å²) in [5.41, 5.74) is 10.2. The Hall–Kier alpha value is -0.880. The Morgan fingerprint density at radius 3 is 2.50 bits per heavy atom. The average Bonchev–Trinajstić information content (AvgIpc) is 1.99. The van der Waals surface area contributed by atoms with Gasteiger partial charge in [0.25, 0.3) is 5.56 Å². The number of nitrogen functional groups attached to an aromatic ring is 2. The van der Waals surface area contributed by atoms with Gasteiger partial charge in [-0.25, -0.2) is 4.98 Å². The van der Waals surface area contributed by atoms with Gasteiger partial charge in [-0.1, -0.05) is 11.8 Å². The van der Waals surface area contributed by atoms with E-state index >= 15 is 0 Å². The van der Waals surface area contributed by atoms with E-state index in [1.807, 2.05) is 0 Å². The van der Waals surface area contributed by atoms with Crippen molar-refractivity contribution in [2.24, 2.45) is 0 Å². The molecule has 1 rings (SSSR count). The van der Waals surface area contributed by atoms with Crippen LogP contribution in [-0.4, -0.2) is 16.2 Å². The molecule has 0 radical (unpaired) electrons. The zero-order valence-corrected chi connectivity index (χ0v) is 7.96.